The Morgan fingerprint density at radius 1 is 1.44 bits per heavy atom. The van der Waals surface area contributed by atoms with E-state index in [1.165, 1.54) is 0 Å². The van der Waals surface area contributed by atoms with Gasteiger partial charge in [-0.25, -0.2) is 9.37 Å². The average molecular weight is 267 g/mol. The standard InChI is InChI=1S/C12H12ClFN4/c13-8-5-15-10-1-4-16-18(10)11(8)17-6-9(14)12(7-17)2-3-12/h1,4-5,9H,2-3,6-7H2. The average Bonchev–Trinajstić information content (AvgIpc) is 2.84. The summed E-state index contributed by atoms with van der Waals surface area (Å²) in [7, 11) is 0. The number of rotatable bonds is 1. The highest BCUT2D eigenvalue weighted by Gasteiger charge is 2.56. The van der Waals surface area contributed by atoms with E-state index in [9.17, 15) is 4.39 Å². The van der Waals surface area contributed by atoms with E-state index in [1.54, 1.807) is 16.9 Å². The first-order valence-corrected chi connectivity index (χ1v) is 6.45. The molecule has 1 saturated carbocycles. The Morgan fingerprint density at radius 2 is 2.28 bits per heavy atom. The third-order valence-electron chi connectivity index (χ3n) is 4.09. The van der Waals surface area contributed by atoms with Crippen molar-refractivity contribution < 1.29 is 4.39 Å². The second kappa shape index (κ2) is 3.35. The quantitative estimate of drug-likeness (QED) is 0.794. The Hall–Kier alpha value is -1.36. The molecule has 3 heterocycles. The summed E-state index contributed by atoms with van der Waals surface area (Å²) in [6.45, 7) is 1.13. The van der Waals surface area contributed by atoms with Crippen molar-refractivity contribution in [1.29, 1.82) is 0 Å². The Labute approximate surface area is 108 Å². The molecular formula is C12H12ClFN4. The van der Waals surface area contributed by atoms with Gasteiger partial charge < -0.3 is 4.90 Å². The van der Waals surface area contributed by atoms with Crippen molar-refractivity contribution in [1.82, 2.24) is 14.6 Å². The van der Waals surface area contributed by atoms with Gasteiger partial charge in [0, 0.05) is 18.0 Å². The molecule has 18 heavy (non-hydrogen) atoms. The van der Waals surface area contributed by atoms with Crippen LogP contribution in [0.5, 0.6) is 0 Å². The van der Waals surface area contributed by atoms with E-state index in [2.05, 4.69) is 10.1 Å². The van der Waals surface area contributed by atoms with Crippen LogP contribution in [0.2, 0.25) is 5.02 Å². The summed E-state index contributed by atoms with van der Waals surface area (Å²) in [5, 5.41) is 4.75. The van der Waals surface area contributed by atoms with Crippen molar-refractivity contribution in [3.63, 3.8) is 0 Å². The number of anilines is 1. The first kappa shape index (κ1) is 10.6. The van der Waals surface area contributed by atoms with Crippen LogP contribution in [0.15, 0.2) is 18.5 Å². The first-order valence-electron chi connectivity index (χ1n) is 6.07. The van der Waals surface area contributed by atoms with Gasteiger partial charge in [0.1, 0.15) is 11.2 Å². The van der Waals surface area contributed by atoms with Gasteiger partial charge in [0.2, 0.25) is 0 Å². The molecule has 1 saturated heterocycles. The lowest BCUT2D eigenvalue weighted by atomic mass is 10.1. The van der Waals surface area contributed by atoms with Gasteiger partial charge in [-0.05, 0) is 12.8 Å². The molecule has 1 aliphatic carbocycles. The molecule has 4 rings (SSSR count). The van der Waals surface area contributed by atoms with Crippen molar-refractivity contribution in [2.24, 2.45) is 5.41 Å². The van der Waals surface area contributed by atoms with Crippen molar-refractivity contribution >= 4 is 23.1 Å². The zero-order valence-corrected chi connectivity index (χ0v) is 10.4. The smallest absolute Gasteiger partial charge is 0.157 e. The van der Waals surface area contributed by atoms with Gasteiger partial charge in [-0.2, -0.15) is 9.61 Å². The maximum absolute atomic E-state index is 14.0. The van der Waals surface area contributed by atoms with Crippen LogP contribution in [0.25, 0.3) is 5.65 Å². The van der Waals surface area contributed by atoms with Crippen LogP contribution in [0.3, 0.4) is 0 Å². The predicted octanol–water partition coefficient (Wildman–Crippen LogP) is 2.32. The molecule has 0 radical (unpaired) electrons. The summed E-state index contributed by atoms with van der Waals surface area (Å²) in [6, 6.07) is 1.82. The number of alkyl halides is 1. The van der Waals surface area contributed by atoms with Crippen molar-refractivity contribution in [3.8, 4) is 0 Å². The molecule has 2 aliphatic rings. The number of nitrogens with zero attached hydrogens (tertiary/aromatic N) is 4. The van der Waals surface area contributed by atoms with Crippen LogP contribution < -0.4 is 4.90 Å². The van der Waals surface area contributed by atoms with Crippen molar-refractivity contribution in [2.75, 3.05) is 18.0 Å². The topological polar surface area (TPSA) is 33.4 Å². The summed E-state index contributed by atoms with van der Waals surface area (Å²) in [6.07, 6.45) is 4.50. The van der Waals surface area contributed by atoms with Crippen LogP contribution in [0.4, 0.5) is 10.2 Å². The summed E-state index contributed by atoms with van der Waals surface area (Å²) < 4.78 is 15.7. The summed E-state index contributed by atoms with van der Waals surface area (Å²) in [4.78, 5) is 6.19. The fraction of sp³-hybridized carbons (Fsp3) is 0.500. The molecule has 0 aromatic carbocycles. The van der Waals surface area contributed by atoms with E-state index in [-0.39, 0.29) is 5.41 Å². The molecule has 0 amide bonds. The zero-order valence-electron chi connectivity index (χ0n) is 9.68. The van der Waals surface area contributed by atoms with Crippen LogP contribution in [-0.2, 0) is 0 Å². The minimum atomic E-state index is -0.757. The fourth-order valence-electron chi connectivity index (χ4n) is 2.85. The van der Waals surface area contributed by atoms with Gasteiger partial charge in [0.05, 0.1) is 18.9 Å². The molecule has 1 unspecified atom stereocenters. The number of hydrogen-bond acceptors (Lipinski definition) is 3. The number of fused-ring (bicyclic) bond motifs is 1. The van der Waals surface area contributed by atoms with Gasteiger partial charge >= 0.3 is 0 Å². The van der Waals surface area contributed by atoms with E-state index in [4.69, 9.17) is 11.6 Å². The van der Waals surface area contributed by atoms with Crippen molar-refractivity contribution in [3.05, 3.63) is 23.5 Å². The number of hydrogen-bond donors (Lipinski definition) is 0. The molecule has 1 spiro atoms. The lowest BCUT2D eigenvalue weighted by molar-refractivity contribution is 0.267. The third kappa shape index (κ3) is 1.31. The number of aromatic nitrogens is 3. The Bertz CT molecular complexity index is 622. The molecule has 2 fully saturated rings. The summed E-state index contributed by atoms with van der Waals surface area (Å²) >= 11 is 6.21. The second-order valence-electron chi connectivity index (χ2n) is 5.24. The SMILES string of the molecule is FC1CN(c2c(Cl)cnc3ccnn23)CC12CC2. The van der Waals surface area contributed by atoms with E-state index in [0.29, 0.717) is 11.6 Å². The minimum absolute atomic E-state index is 0.119. The number of halogens is 2. The minimum Gasteiger partial charge on any atom is -0.352 e. The van der Waals surface area contributed by atoms with Crippen molar-refractivity contribution in [2.45, 2.75) is 19.0 Å². The van der Waals surface area contributed by atoms with Gasteiger partial charge in [-0.3, -0.25) is 0 Å². The van der Waals surface area contributed by atoms with Crippen LogP contribution in [0.1, 0.15) is 12.8 Å². The third-order valence-corrected chi connectivity index (χ3v) is 4.36. The normalized spacial score (nSPS) is 25.2. The molecular weight excluding hydrogens is 255 g/mol. The second-order valence-corrected chi connectivity index (χ2v) is 5.65. The molecule has 0 N–H and O–H groups in total. The maximum atomic E-state index is 14.0. The maximum Gasteiger partial charge on any atom is 0.157 e. The Balaban J connectivity index is 1.83. The van der Waals surface area contributed by atoms with Gasteiger partial charge in [-0.15, -0.1) is 0 Å². The van der Waals surface area contributed by atoms with E-state index in [1.807, 2.05) is 11.0 Å². The molecule has 1 aliphatic heterocycles. The molecule has 2 aromatic rings. The molecule has 2 aromatic heterocycles. The summed E-state index contributed by atoms with van der Waals surface area (Å²) in [5.41, 5.74) is 0.619. The first-order chi connectivity index (χ1) is 8.70. The Kier molecular flexibility index (Phi) is 1.96. The largest absolute Gasteiger partial charge is 0.352 e. The lowest BCUT2D eigenvalue weighted by Gasteiger charge is -2.19. The highest BCUT2D eigenvalue weighted by molar-refractivity contribution is 6.32. The van der Waals surface area contributed by atoms with Crippen LogP contribution >= 0.6 is 11.6 Å². The molecule has 0 bridgehead atoms. The monoisotopic (exact) mass is 266 g/mol. The van der Waals surface area contributed by atoms with Gasteiger partial charge in [-0.1, -0.05) is 11.6 Å². The highest BCUT2D eigenvalue weighted by Crippen LogP contribution is 2.55. The summed E-state index contributed by atoms with van der Waals surface area (Å²) in [5.74, 6) is 0.762. The van der Waals surface area contributed by atoms with E-state index in [0.717, 1.165) is 30.9 Å². The van der Waals surface area contributed by atoms with Gasteiger partial charge in [0.25, 0.3) is 0 Å². The lowest BCUT2D eigenvalue weighted by Crippen LogP contribution is -2.23. The van der Waals surface area contributed by atoms with Crippen LogP contribution in [-0.4, -0.2) is 33.9 Å². The molecule has 1 atom stereocenters. The van der Waals surface area contributed by atoms with E-state index >= 15 is 0 Å². The predicted molar refractivity (Wildman–Crippen MR) is 66.8 cm³/mol. The highest BCUT2D eigenvalue weighted by atomic mass is 35.5. The molecule has 4 nitrogen and oxygen atoms in total. The molecule has 94 valence electrons. The van der Waals surface area contributed by atoms with Gasteiger partial charge in [0.15, 0.2) is 11.5 Å². The zero-order chi connectivity index (χ0) is 12.3. The van der Waals surface area contributed by atoms with Crippen LogP contribution in [0, 0.1) is 5.41 Å². The molecule has 6 heteroatoms. The van der Waals surface area contributed by atoms with E-state index < -0.39 is 6.17 Å². The fourth-order valence-corrected chi connectivity index (χ4v) is 3.10. The Morgan fingerprint density at radius 3 is 3.00 bits per heavy atom.